The third-order valence-corrected chi connectivity index (χ3v) is 4.03. The van der Waals surface area contributed by atoms with Crippen LogP contribution < -0.4 is 14.5 Å². The van der Waals surface area contributed by atoms with Gasteiger partial charge >= 0.3 is 0 Å². The van der Waals surface area contributed by atoms with E-state index in [-0.39, 0.29) is 12.4 Å². The Morgan fingerprint density at radius 1 is 1.29 bits per heavy atom. The van der Waals surface area contributed by atoms with Crippen LogP contribution in [0.4, 0.5) is 0 Å². The van der Waals surface area contributed by atoms with Gasteiger partial charge in [-0.05, 0) is 19.1 Å². The standard InChI is InChI=1S/C16H24N2O3/c1-13(19)15-5-3-4-6-16(15)21-12-14(20)11-18-9-7-17(2)8-10-18/h3-6,14,20H,7-12H2,1-2H3/p+2/t14-/m1/s1. The van der Waals surface area contributed by atoms with Crippen LogP contribution in [0, 0.1) is 0 Å². The SMILES string of the molecule is CC(=O)c1ccccc1OC[C@H](O)C[NH+]1CC[NH+](C)CC1. The summed E-state index contributed by atoms with van der Waals surface area (Å²) in [6.45, 7) is 6.94. The number of ketones is 1. The molecule has 1 fully saturated rings. The number of quaternary nitrogens is 2. The van der Waals surface area contributed by atoms with Crippen molar-refractivity contribution < 1.29 is 24.4 Å². The van der Waals surface area contributed by atoms with E-state index in [9.17, 15) is 9.90 Å². The minimum atomic E-state index is -0.501. The normalized spacial score (nSPS) is 23.6. The summed E-state index contributed by atoms with van der Waals surface area (Å²) in [7, 11) is 2.20. The molecule has 116 valence electrons. The molecule has 1 aliphatic heterocycles. The van der Waals surface area contributed by atoms with Crippen LogP contribution in [0.5, 0.6) is 5.75 Å². The molecule has 1 heterocycles. The molecule has 0 saturated carbocycles. The number of carbonyl (C=O) groups excluding carboxylic acids is 1. The number of piperazine rings is 1. The second kappa shape index (κ2) is 7.54. The van der Waals surface area contributed by atoms with Gasteiger partial charge < -0.3 is 19.6 Å². The first-order valence-corrected chi connectivity index (χ1v) is 7.62. The smallest absolute Gasteiger partial charge is 0.163 e. The summed E-state index contributed by atoms with van der Waals surface area (Å²) in [5.41, 5.74) is 0.570. The zero-order valence-electron chi connectivity index (χ0n) is 12.9. The van der Waals surface area contributed by atoms with Gasteiger partial charge in [0.2, 0.25) is 0 Å². The van der Waals surface area contributed by atoms with Gasteiger partial charge in [-0.3, -0.25) is 4.79 Å². The molecule has 0 aromatic heterocycles. The van der Waals surface area contributed by atoms with E-state index in [0.717, 1.165) is 26.2 Å². The molecule has 5 nitrogen and oxygen atoms in total. The highest BCUT2D eigenvalue weighted by Crippen LogP contribution is 2.18. The summed E-state index contributed by atoms with van der Waals surface area (Å²) in [4.78, 5) is 14.5. The van der Waals surface area contributed by atoms with E-state index in [1.807, 2.05) is 12.1 Å². The molecule has 0 bridgehead atoms. The van der Waals surface area contributed by atoms with E-state index in [1.54, 1.807) is 17.0 Å². The molecule has 5 heteroatoms. The van der Waals surface area contributed by atoms with Gasteiger partial charge in [-0.2, -0.15) is 0 Å². The maximum absolute atomic E-state index is 11.5. The Morgan fingerprint density at radius 3 is 2.62 bits per heavy atom. The van der Waals surface area contributed by atoms with E-state index in [4.69, 9.17) is 4.74 Å². The number of Topliss-reactive ketones (excluding diaryl/α,β-unsaturated/α-hetero) is 1. The molecular weight excluding hydrogens is 268 g/mol. The highest BCUT2D eigenvalue weighted by molar-refractivity contribution is 5.96. The lowest BCUT2D eigenvalue weighted by Crippen LogP contribution is -3.27. The van der Waals surface area contributed by atoms with Crippen LogP contribution >= 0.6 is 0 Å². The van der Waals surface area contributed by atoms with Crippen LogP contribution in [0.2, 0.25) is 0 Å². The van der Waals surface area contributed by atoms with Crippen LogP contribution in [0.1, 0.15) is 17.3 Å². The second-order valence-corrected chi connectivity index (χ2v) is 5.93. The van der Waals surface area contributed by atoms with Crippen molar-refractivity contribution in [3.8, 4) is 5.75 Å². The first kappa shape index (κ1) is 15.9. The maximum atomic E-state index is 11.5. The Kier molecular flexibility index (Phi) is 5.73. The zero-order valence-corrected chi connectivity index (χ0v) is 12.9. The van der Waals surface area contributed by atoms with Crippen molar-refractivity contribution >= 4 is 5.78 Å². The summed E-state index contributed by atoms with van der Waals surface area (Å²) in [5.74, 6) is 0.537. The second-order valence-electron chi connectivity index (χ2n) is 5.93. The van der Waals surface area contributed by atoms with E-state index in [1.165, 1.54) is 11.8 Å². The van der Waals surface area contributed by atoms with Crippen molar-refractivity contribution in [2.75, 3.05) is 46.4 Å². The van der Waals surface area contributed by atoms with Crippen LogP contribution in [0.25, 0.3) is 0 Å². The van der Waals surface area contributed by atoms with Crippen molar-refractivity contribution in [1.29, 1.82) is 0 Å². The number of rotatable bonds is 6. The van der Waals surface area contributed by atoms with Gasteiger partial charge in [-0.15, -0.1) is 0 Å². The molecule has 0 aliphatic carbocycles. The Hall–Kier alpha value is -1.43. The minimum absolute atomic E-state index is 0.0206. The van der Waals surface area contributed by atoms with Gasteiger partial charge in [0.1, 0.15) is 51.2 Å². The molecule has 2 rings (SSSR count). The molecule has 0 unspecified atom stereocenters. The van der Waals surface area contributed by atoms with Gasteiger partial charge in [-0.25, -0.2) is 0 Å². The van der Waals surface area contributed by atoms with E-state index < -0.39 is 6.10 Å². The lowest BCUT2D eigenvalue weighted by atomic mass is 10.1. The summed E-state index contributed by atoms with van der Waals surface area (Å²) < 4.78 is 5.63. The van der Waals surface area contributed by atoms with Gasteiger partial charge in [0, 0.05) is 0 Å². The third kappa shape index (κ3) is 4.81. The molecule has 3 N–H and O–H groups in total. The lowest BCUT2D eigenvalue weighted by molar-refractivity contribution is -1.00. The van der Waals surface area contributed by atoms with Crippen molar-refractivity contribution in [3.05, 3.63) is 29.8 Å². The van der Waals surface area contributed by atoms with Crippen LogP contribution in [0.3, 0.4) is 0 Å². The number of benzene rings is 1. The van der Waals surface area contributed by atoms with Gasteiger partial charge in [0.15, 0.2) is 5.78 Å². The number of aliphatic hydroxyl groups is 1. The van der Waals surface area contributed by atoms with Crippen LogP contribution in [-0.2, 0) is 0 Å². The average Bonchev–Trinajstić information content (AvgIpc) is 2.48. The lowest BCUT2D eigenvalue weighted by Gasteiger charge is -2.28. The number of likely N-dealkylation sites (N-methyl/N-ethyl adjacent to an activating group) is 1. The van der Waals surface area contributed by atoms with Crippen molar-refractivity contribution in [3.63, 3.8) is 0 Å². The fraction of sp³-hybridized carbons (Fsp3) is 0.562. The minimum Gasteiger partial charge on any atom is -0.490 e. The molecular formula is C16H26N2O3+2. The Labute approximate surface area is 126 Å². The zero-order chi connectivity index (χ0) is 15.2. The van der Waals surface area contributed by atoms with Gasteiger partial charge in [0.25, 0.3) is 0 Å². The first-order chi connectivity index (χ1) is 10.1. The van der Waals surface area contributed by atoms with E-state index in [0.29, 0.717) is 17.9 Å². The maximum Gasteiger partial charge on any atom is 0.163 e. The quantitative estimate of drug-likeness (QED) is 0.534. The third-order valence-electron chi connectivity index (χ3n) is 4.03. The predicted octanol–water partition coefficient (Wildman–Crippen LogP) is -1.96. The van der Waals surface area contributed by atoms with Crippen molar-refractivity contribution in [1.82, 2.24) is 0 Å². The molecule has 21 heavy (non-hydrogen) atoms. The highest BCUT2D eigenvalue weighted by atomic mass is 16.5. The molecule has 1 atom stereocenters. The molecule has 0 radical (unpaired) electrons. The fourth-order valence-corrected chi connectivity index (χ4v) is 2.70. The Balaban J connectivity index is 1.81. The van der Waals surface area contributed by atoms with Gasteiger partial charge in [-0.1, -0.05) is 12.1 Å². The van der Waals surface area contributed by atoms with E-state index >= 15 is 0 Å². The number of para-hydroxylation sites is 1. The number of carbonyl (C=O) groups is 1. The summed E-state index contributed by atoms with van der Waals surface area (Å²) in [6, 6.07) is 7.17. The number of ether oxygens (including phenoxy) is 1. The van der Waals surface area contributed by atoms with Crippen molar-refractivity contribution in [2.45, 2.75) is 13.0 Å². The summed E-state index contributed by atoms with van der Waals surface area (Å²) in [5, 5.41) is 10.1. The number of nitrogens with one attached hydrogen (secondary N) is 2. The number of hydrogen-bond acceptors (Lipinski definition) is 3. The molecule has 0 amide bonds. The molecule has 0 spiro atoms. The van der Waals surface area contributed by atoms with E-state index in [2.05, 4.69) is 7.05 Å². The highest BCUT2D eigenvalue weighted by Gasteiger charge is 2.23. The molecule has 1 aliphatic rings. The van der Waals surface area contributed by atoms with Crippen molar-refractivity contribution in [2.24, 2.45) is 0 Å². The molecule has 1 aromatic rings. The predicted molar refractivity (Wildman–Crippen MR) is 80.1 cm³/mol. The summed E-state index contributed by atoms with van der Waals surface area (Å²) >= 11 is 0. The molecule has 1 saturated heterocycles. The van der Waals surface area contributed by atoms with Gasteiger partial charge in [0.05, 0.1) is 12.6 Å². The van der Waals surface area contributed by atoms with Crippen LogP contribution in [-0.4, -0.2) is 63.4 Å². The summed E-state index contributed by atoms with van der Waals surface area (Å²) in [6.07, 6.45) is -0.501. The van der Waals surface area contributed by atoms with Crippen LogP contribution in [0.15, 0.2) is 24.3 Å². The Morgan fingerprint density at radius 2 is 1.95 bits per heavy atom. The topological polar surface area (TPSA) is 55.4 Å². The first-order valence-electron chi connectivity index (χ1n) is 7.62. The monoisotopic (exact) mass is 294 g/mol. The average molecular weight is 294 g/mol. The number of aliphatic hydroxyl groups excluding tert-OH is 1. The Bertz CT molecular complexity index is 470. The molecule has 1 aromatic carbocycles. The number of hydrogen-bond donors (Lipinski definition) is 3. The largest absolute Gasteiger partial charge is 0.490 e. The fourth-order valence-electron chi connectivity index (χ4n) is 2.70.